The topological polar surface area (TPSA) is 99.2 Å². The van der Waals surface area contributed by atoms with Crippen molar-refractivity contribution in [3.05, 3.63) is 54.9 Å². The zero-order chi connectivity index (χ0) is 19.6. The van der Waals surface area contributed by atoms with Gasteiger partial charge >= 0.3 is 5.97 Å². The van der Waals surface area contributed by atoms with Crippen LogP contribution in [0.5, 0.6) is 5.75 Å². The quantitative estimate of drug-likeness (QED) is 0.387. The summed E-state index contributed by atoms with van der Waals surface area (Å²) in [7, 11) is 0. The number of rotatable bonds is 4. The van der Waals surface area contributed by atoms with Crippen LogP contribution >= 0.6 is 0 Å². The van der Waals surface area contributed by atoms with Crippen LogP contribution in [0.4, 0.5) is 6.01 Å². The Morgan fingerprint density at radius 1 is 1.07 bits per heavy atom. The van der Waals surface area contributed by atoms with E-state index in [-0.39, 0.29) is 11.9 Å². The summed E-state index contributed by atoms with van der Waals surface area (Å²) in [6.45, 7) is 1.40. The molecule has 0 atom stereocenters. The highest BCUT2D eigenvalue weighted by Gasteiger charge is 2.28. The lowest BCUT2D eigenvalue weighted by Gasteiger charge is -2.29. The summed E-state index contributed by atoms with van der Waals surface area (Å²) in [6, 6.07) is 15.4. The third-order valence-corrected chi connectivity index (χ3v) is 5.05. The maximum atomic E-state index is 12.5. The molecule has 9 heteroatoms. The van der Waals surface area contributed by atoms with Gasteiger partial charge in [0, 0.05) is 13.1 Å². The molecule has 3 heterocycles. The predicted octanol–water partition coefficient (Wildman–Crippen LogP) is 2.63. The van der Waals surface area contributed by atoms with Crippen molar-refractivity contribution in [1.29, 1.82) is 0 Å². The second kappa shape index (κ2) is 7.34. The smallest absolute Gasteiger partial charge is 0.314 e. The molecule has 0 saturated carbocycles. The number of ether oxygens (including phenoxy) is 1. The minimum Gasteiger partial charge on any atom is -0.426 e. The first-order valence-electron chi connectivity index (χ1n) is 9.42. The van der Waals surface area contributed by atoms with E-state index < -0.39 is 0 Å². The Labute approximate surface area is 165 Å². The fourth-order valence-electron chi connectivity index (χ4n) is 3.45. The maximum absolute atomic E-state index is 12.5. The minimum absolute atomic E-state index is 0.144. The lowest BCUT2D eigenvalue weighted by atomic mass is 9.97. The van der Waals surface area contributed by atoms with Crippen molar-refractivity contribution in [3.8, 4) is 11.4 Å². The maximum Gasteiger partial charge on any atom is 0.314 e. The van der Waals surface area contributed by atoms with Gasteiger partial charge in [0.15, 0.2) is 5.58 Å². The molecule has 1 aliphatic rings. The molecular formula is C20H18N6O3. The molecule has 0 unspecified atom stereocenters. The largest absolute Gasteiger partial charge is 0.426 e. The van der Waals surface area contributed by atoms with Gasteiger partial charge in [0.2, 0.25) is 0 Å². The predicted molar refractivity (Wildman–Crippen MR) is 104 cm³/mol. The number of carbonyl (C=O) groups excluding carboxylic acids is 1. The lowest BCUT2D eigenvalue weighted by molar-refractivity contribution is -0.139. The summed E-state index contributed by atoms with van der Waals surface area (Å²) in [5.41, 5.74) is 2.41. The van der Waals surface area contributed by atoms with Crippen molar-refractivity contribution in [3.63, 3.8) is 0 Å². The van der Waals surface area contributed by atoms with Gasteiger partial charge in [-0.3, -0.25) is 4.79 Å². The molecule has 5 rings (SSSR count). The number of hydrogen-bond donors (Lipinski definition) is 0. The van der Waals surface area contributed by atoms with Gasteiger partial charge in [-0.15, -0.1) is 5.10 Å². The summed E-state index contributed by atoms with van der Waals surface area (Å²) >= 11 is 0. The molecule has 146 valence electrons. The molecule has 0 radical (unpaired) electrons. The monoisotopic (exact) mass is 390 g/mol. The number of nitrogens with zero attached hydrogens (tertiary/aromatic N) is 6. The molecule has 2 aromatic carbocycles. The van der Waals surface area contributed by atoms with Crippen molar-refractivity contribution < 1.29 is 13.9 Å². The first kappa shape index (κ1) is 17.4. The summed E-state index contributed by atoms with van der Waals surface area (Å²) < 4.78 is 12.9. The molecule has 1 fully saturated rings. The van der Waals surface area contributed by atoms with E-state index in [9.17, 15) is 4.79 Å². The van der Waals surface area contributed by atoms with Crippen molar-refractivity contribution >= 4 is 23.1 Å². The first-order chi connectivity index (χ1) is 14.3. The zero-order valence-electron chi connectivity index (χ0n) is 15.5. The Kier molecular flexibility index (Phi) is 4.39. The molecular weight excluding hydrogens is 372 g/mol. The molecule has 2 aromatic heterocycles. The van der Waals surface area contributed by atoms with E-state index in [0.717, 1.165) is 16.8 Å². The fourth-order valence-corrected chi connectivity index (χ4v) is 3.45. The van der Waals surface area contributed by atoms with Crippen LogP contribution in [0, 0.1) is 5.92 Å². The van der Waals surface area contributed by atoms with Crippen molar-refractivity contribution in [2.75, 3.05) is 18.0 Å². The van der Waals surface area contributed by atoms with E-state index in [1.807, 2.05) is 24.3 Å². The lowest BCUT2D eigenvalue weighted by Crippen LogP contribution is -2.37. The standard InChI is InChI=1S/C20H18N6O3/c27-19(28-16-7-5-15(6-8-16)26-13-21-23-24-26)14-9-11-25(12-10-14)20-22-17-3-1-2-4-18(17)29-20/h1-8,13-14H,9-12H2. The third kappa shape index (κ3) is 3.54. The van der Waals surface area contributed by atoms with Crippen LogP contribution in [0.15, 0.2) is 59.3 Å². The van der Waals surface area contributed by atoms with Crippen LogP contribution < -0.4 is 9.64 Å². The number of hydrogen-bond acceptors (Lipinski definition) is 8. The van der Waals surface area contributed by atoms with Gasteiger partial charge in [-0.2, -0.15) is 4.98 Å². The Hall–Kier alpha value is -3.75. The molecule has 9 nitrogen and oxygen atoms in total. The number of benzene rings is 2. The van der Waals surface area contributed by atoms with Crippen LogP contribution in [0.25, 0.3) is 16.8 Å². The van der Waals surface area contributed by atoms with Crippen LogP contribution in [0.2, 0.25) is 0 Å². The van der Waals surface area contributed by atoms with Gasteiger partial charge in [0.05, 0.1) is 11.6 Å². The Balaban J connectivity index is 1.19. The molecule has 0 bridgehead atoms. The number of esters is 1. The number of oxazole rings is 1. The Morgan fingerprint density at radius 2 is 1.86 bits per heavy atom. The number of anilines is 1. The number of aromatic nitrogens is 5. The average Bonchev–Trinajstić information content (AvgIpc) is 3.44. The number of fused-ring (bicyclic) bond motifs is 1. The van der Waals surface area contributed by atoms with Gasteiger partial charge in [-0.05, 0) is 59.7 Å². The summed E-state index contributed by atoms with van der Waals surface area (Å²) in [4.78, 5) is 19.2. The SMILES string of the molecule is O=C(Oc1ccc(-n2cnnn2)cc1)C1CCN(c2nc3ccccc3o2)CC1. The molecule has 0 amide bonds. The number of tetrazole rings is 1. The highest BCUT2D eigenvalue weighted by molar-refractivity contribution is 5.76. The zero-order valence-corrected chi connectivity index (χ0v) is 15.5. The van der Waals surface area contributed by atoms with E-state index >= 15 is 0 Å². The highest BCUT2D eigenvalue weighted by atomic mass is 16.5. The molecule has 29 heavy (non-hydrogen) atoms. The second-order valence-corrected chi connectivity index (χ2v) is 6.89. The molecule has 1 saturated heterocycles. The van der Waals surface area contributed by atoms with Crippen LogP contribution in [0.1, 0.15) is 12.8 Å². The normalized spacial score (nSPS) is 15.0. The van der Waals surface area contributed by atoms with Gasteiger partial charge < -0.3 is 14.1 Å². The third-order valence-electron chi connectivity index (χ3n) is 5.05. The molecule has 0 aliphatic carbocycles. The summed E-state index contributed by atoms with van der Waals surface area (Å²) in [6.07, 6.45) is 2.90. The number of carbonyl (C=O) groups is 1. The molecule has 0 spiro atoms. The van der Waals surface area contributed by atoms with E-state index in [0.29, 0.717) is 37.7 Å². The van der Waals surface area contributed by atoms with Gasteiger partial charge in [-0.1, -0.05) is 12.1 Å². The Morgan fingerprint density at radius 3 is 2.59 bits per heavy atom. The van der Waals surface area contributed by atoms with Crippen LogP contribution in [-0.4, -0.2) is 44.3 Å². The van der Waals surface area contributed by atoms with Crippen molar-refractivity contribution in [2.45, 2.75) is 12.8 Å². The van der Waals surface area contributed by atoms with Gasteiger partial charge in [-0.25, -0.2) is 4.68 Å². The van der Waals surface area contributed by atoms with Crippen LogP contribution in [-0.2, 0) is 4.79 Å². The fraction of sp³-hybridized carbons (Fsp3) is 0.250. The molecule has 4 aromatic rings. The molecule has 1 aliphatic heterocycles. The van der Waals surface area contributed by atoms with Crippen molar-refractivity contribution in [2.24, 2.45) is 5.92 Å². The molecule has 0 N–H and O–H groups in total. The first-order valence-corrected chi connectivity index (χ1v) is 9.42. The van der Waals surface area contributed by atoms with E-state index in [2.05, 4.69) is 25.4 Å². The van der Waals surface area contributed by atoms with E-state index in [4.69, 9.17) is 9.15 Å². The average molecular weight is 390 g/mol. The number of para-hydroxylation sites is 2. The van der Waals surface area contributed by atoms with E-state index in [1.54, 1.807) is 24.3 Å². The summed E-state index contributed by atoms with van der Waals surface area (Å²) in [5.74, 6) is 0.153. The minimum atomic E-state index is -0.211. The highest BCUT2D eigenvalue weighted by Crippen LogP contribution is 2.27. The van der Waals surface area contributed by atoms with Crippen LogP contribution in [0.3, 0.4) is 0 Å². The van der Waals surface area contributed by atoms with Gasteiger partial charge in [0.25, 0.3) is 6.01 Å². The van der Waals surface area contributed by atoms with E-state index in [1.165, 1.54) is 11.0 Å². The summed E-state index contributed by atoms with van der Waals surface area (Å²) in [5, 5.41) is 11.0. The number of piperidine rings is 1. The van der Waals surface area contributed by atoms with Crippen molar-refractivity contribution in [1.82, 2.24) is 25.2 Å². The van der Waals surface area contributed by atoms with Gasteiger partial charge in [0.1, 0.15) is 17.6 Å². The second-order valence-electron chi connectivity index (χ2n) is 6.89. The Bertz CT molecular complexity index is 1080.